The Morgan fingerprint density at radius 1 is 1.21 bits per heavy atom. The molecule has 2 nitrogen and oxygen atoms in total. The van der Waals surface area contributed by atoms with Crippen molar-refractivity contribution in [3.05, 3.63) is 29.8 Å². The van der Waals surface area contributed by atoms with E-state index in [0.29, 0.717) is 6.04 Å². The summed E-state index contributed by atoms with van der Waals surface area (Å²) in [7, 11) is 1.99. The minimum absolute atomic E-state index is 0.402. The van der Waals surface area contributed by atoms with Gasteiger partial charge in [-0.05, 0) is 68.7 Å². The quantitative estimate of drug-likeness (QED) is 0.869. The maximum atomic E-state index is 5.99. The van der Waals surface area contributed by atoms with Gasteiger partial charge in [0.15, 0.2) is 0 Å². The largest absolute Gasteiger partial charge is 0.493 e. The Labute approximate surface area is 116 Å². The van der Waals surface area contributed by atoms with Crippen molar-refractivity contribution in [2.75, 3.05) is 13.7 Å². The summed E-state index contributed by atoms with van der Waals surface area (Å²) in [5.74, 6) is 3.80. The van der Waals surface area contributed by atoms with Crippen LogP contribution in [0.2, 0.25) is 0 Å². The zero-order valence-corrected chi connectivity index (χ0v) is 12.1. The van der Waals surface area contributed by atoms with Gasteiger partial charge in [0.25, 0.3) is 0 Å². The predicted molar refractivity (Wildman–Crippen MR) is 78.3 cm³/mol. The molecule has 0 spiro atoms. The topological polar surface area (TPSA) is 21.3 Å². The highest BCUT2D eigenvalue weighted by Crippen LogP contribution is 2.48. The van der Waals surface area contributed by atoms with Crippen LogP contribution in [-0.2, 0) is 0 Å². The van der Waals surface area contributed by atoms with Crippen LogP contribution >= 0.6 is 0 Å². The first-order valence-electron chi connectivity index (χ1n) is 7.66. The van der Waals surface area contributed by atoms with E-state index in [1.54, 1.807) is 0 Å². The molecule has 1 N–H and O–H groups in total. The van der Waals surface area contributed by atoms with Crippen LogP contribution < -0.4 is 10.1 Å². The van der Waals surface area contributed by atoms with E-state index in [0.717, 1.165) is 30.1 Å². The molecule has 0 radical (unpaired) electrons. The van der Waals surface area contributed by atoms with Crippen LogP contribution in [0.25, 0.3) is 0 Å². The fourth-order valence-corrected chi connectivity index (χ4v) is 3.80. The summed E-state index contributed by atoms with van der Waals surface area (Å²) in [6.45, 7) is 3.09. The lowest BCUT2D eigenvalue weighted by atomic mass is 9.89. The molecule has 104 valence electrons. The molecule has 0 heterocycles. The van der Waals surface area contributed by atoms with E-state index in [4.69, 9.17) is 4.74 Å². The van der Waals surface area contributed by atoms with E-state index in [-0.39, 0.29) is 0 Å². The van der Waals surface area contributed by atoms with Gasteiger partial charge in [-0.1, -0.05) is 18.6 Å². The summed E-state index contributed by atoms with van der Waals surface area (Å²) >= 11 is 0. The van der Waals surface area contributed by atoms with Gasteiger partial charge in [0.2, 0.25) is 0 Å². The molecular formula is C17H25NO. The summed E-state index contributed by atoms with van der Waals surface area (Å²) in [5, 5.41) is 3.25. The average Bonchev–Trinajstić information content (AvgIpc) is 3.07. The van der Waals surface area contributed by atoms with Gasteiger partial charge in [0.05, 0.1) is 6.61 Å². The number of hydrogen-bond donors (Lipinski definition) is 1. The molecule has 1 aromatic rings. The molecule has 2 heteroatoms. The second kappa shape index (κ2) is 5.54. The van der Waals surface area contributed by atoms with Crippen molar-refractivity contribution in [3.8, 4) is 5.75 Å². The van der Waals surface area contributed by atoms with Gasteiger partial charge >= 0.3 is 0 Å². The molecule has 0 saturated heterocycles. The summed E-state index contributed by atoms with van der Waals surface area (Å²) in [6.07, 6.45) is 5.78. The number of fused-ring (bicyclic) bond motifs is 2. The SMILES string of the molecule is CNC(C)c1ccc(OCC2CC3CCC2C3)cc1. The molecule has 0 amide bonds. The van der Waals surface area contributed by atoms with E-state index in [2.05, 4.69) is 36.5 Å². The third-order valence-corrected chi connectivity index (χ3v) is 5.16. The molecule has 2 saturated carbocycles. The van der Waals surface area contributed by atoms with Crippen molar-refractivity contribution in [1.29, 1.82) is 0 Å². The summed E-state index contributed by atoms with van der Waals surface area (Å²) in [5.41, 5.74) is 1.31. The Hall–Kier alpha value is -1.02. The summed E-state index contributed by atoms with van der Waals surface area (Å²) in [4.78, 5) is 0. The van der Waals surface area contributed by atoms with Gasteiger partial charge in [0.1, 0.15) is 5.75 Å². The second-order valence-corrected chi connectivity index (χ2v) is 6.33. The van der Waals surface area contributed by atoms with E-state index in [1.165, 1.54) is 31.2 Å². The molecule has 2 aliphatic rings. The lowest BCUT2D eigenvalue weighted by Crippen LogP contribution is -2.18. The number of ether oxygens (including phenoxy) is 1. The first-order valence-corrected chi connectivity index (χ1v) is 7.66. The Morgan fingerprint density at radius 2 is 2.00 bits per heavy atom. The predicted octanol–water partition coefficient (Wildman–Crippen LogP) is 3.78. The average molecular weight is 259 g/mol. The highest BCUT2D eigenvalue weighted by atomic mass is 16.5. The fourth-order valence-electron chi connectivity index (χ4n) is 3.80. The lowest BCUT2D eigenvalue weighted by Gasteiger charge is -2.21. The molecule has 2 fully saturated rings. The van der Waals surface area contributed by atoms with E-state index >= 15 is 0 Å². The second-order valence-electron chi connectivity index (χ2n) is 6.33. The van der Waals surface area contributed by atoms with Crippen LogP contribution in [0, 0.1) is 17.8 Å². The van der Waals surface area contributed by atoms with Gasteiger partial charge in [-0.3, -0.25) is 0 Å². The van der Waals surface area contributed by atoms with Crippen molar-refractivity contribution >= 4 is 0 Å². The molecule has 0 aromatic heterocycles. The highest BCUT2D eigenvalue weighted by molar-refractivity contribution is 5.28. The van der Waals surface area contributed by atoms with E-state index in [9.17, 15) is 0 Å². The lowest BCUT2D eigenvalue weighted by molar-refractivity contribution is 0.195. The first kappa shape index (κ1) is 13.0. The first-order chi connectivity index (χ1) is 9.26. The molecule has 2 aliphatic carbocycles. The molecular weight excluding hydrogens is 234 g/mol. The maximum absolute atomic E-state index is 5.99. The number of benzene rings is 1. The third kappa shape index (κ3) is 2.79. The maximum Gasteiger partial charge on any atom is 0.119 e. The number of rotatable bonds is 5. The molecule has 19 heavy (non-hydrogen) atoms. The van der Waals surface area contributed by atoms with Gasteiger partial charge < -0.3 is 10.1 Å². The monoisotopic (exact) mass is 259 g/mol. The normalized spacial score (nSPS) is 30.5. The molecule has 1 aromatic carbocycles. The van der Waals surface area contributed by atoms with Gasteiger partial charge in [-0.2, -0.15) is 0 Å². The fraction of sp³-hybridized carbons (Fsp3) is 0.647. The van der Waals surface area contributed by atoms with Crippen LogP contribution in [0.15, 0.2) is 24.3 Å². The third-order valence-electron chi connectivity index (χ3n) is 5.16. The molecule has 0 aliphatic heterocycles. The zero-order valence-electron chi connectivity index (χ0n) is 12.1. The van der Waals surface area contributed by atoms with E-state index < -0.39 is 0 Å². The molecule has 4 unspecified atom stereocenters. The summed E-state index contributed by atoms with van der Waals surface area (Å²) in [6, 6.07) is 8.95. The highest BCUT2D eigenvalue weighted by Gasteiger charge is 2.39. The number of nitrogens with one attached hydrogen (secondary N) is 1. The van der Waals surface area contributed by atoms with Crippen LogP contribution in [0.4, 0.5) is 0 Å². The molecule has 4 atom stereocenters. The van der Waals surface area contributed by atoms with Crippen molar-refractivity contribution in [2.45, 2.75) is 38.6 Å². The smallest absolute Gasteiger partial charge is 0.119 e. The number of hydrogen-bond acceptors (Lipinski definition) is 2. The van der Waals surface area contributed by atoms with Crippen LogP contribution in [0.5, 0.6) is 5.75 Å². The van der Waals surface area contributed by atoms with Gasteiger partial charge in [-0.15, -0.1) is 0 Å². The van der Waals surface area contributed by atoms with Gasteiger partial charge in [0, 0.05) is 6.04 Å². The van der Waals surface area contributed by atoms with Crippen molar-refractivity contribution in [1.82, 2.24) is 5.32 Å². The Kier molecular flexibility index (Phi) is 3.79. The Balaban J connectivity index is 1.53. The minimum Gasteiger partial charge on any atom is -0.493 e. The molecule has 2 bridgehead atoms. The Morgan fingerprint density at radius 3 is 2.58 bits per heavy atom. The molecule has 3 rings (SSSR count). The van der Waals surface area contributed by atoms with Crippen LogP contribution in [0.1, 0.15) is 44.2 Å². The van der Waals surface area contributed by atoms with Crippen molar-refractivity contribution in [3.63, 3.8) is 0 Å². The van der Waals surface area contributed by atoms with Crippen LogP contribution in [-0.4, -0.2) is 13.7 Å². The summed E-state index contributed by atoms with van der Waals surface area (Å²) < 4.78 is 5.99. The van der Waals surface area contributed by atoms with Crippen molar-refractivity contribution in [2.24, 2.45) is 17.8 Å². The Bertz CT molecular complexity index is 414. The minimum atomic E-state index is 0.402. The van der Waals surface area contributed by atoms with Crippen molar-refractivity contribution < 1.29 is 4.74 Å². The van der Waals surface area contributed by atoms with Gasteiger partial charge in [-0.25, -0.2) is 0 Å². The zero-order chi connectivity index (χ0) is 13.2. The standard InChI is InChI=1S/C17H25NO/c1-12(18-2)14-5-7-17(8-6-14)19-11-16-10-13-3-4-15(16)9-13/h5-8,12-13,15-16,18H,3-4,9-11H2,1-2H3. The van der Waals surface area contributed by atoms with E-state index in [1.807, 2.05) is 7.05 Å². The van der Waals surface area contributed by atoms with Crippen LogP contribution in [0.3, 0.4) is 0 Å².